The number of nitrogens with two attached hydrogens (primary N) is 1. The van der Waals surface area contributed by atoms with E-state index in [2.05, 4.69) is 27.2 Å². The second-order valence-corrected chi connectivity index (χ2v) is 12.9. The van der Waals surface area contributed by atoms with E-state index in [4.69, 9.17) is 20.9 Å². The summed E-state index contributed by atoms with van der Waals surface area (Å²) in [6.07, 6.45) is 4.53. The van der Waals surface area contributed by atoms with Crippen molar-refractivity contribution in [3.8, 4) is 11.3 Å². The van der Waals surface area contributed by atoms with Gasteiger partial charge in [-0.2, -0.15) is 5.10 Å². The summed E-state index contributed by atoms with van der Waals surface area (Å²) in [6, 6.07) is 32.6. The number of benzene rings is 4. The van der Waals surface area contributed by atoms with E-state index in [1.165, 1.54) is 12.4 Å². The topological polar surface area (TPSA) is 189 Å². The predicted molar refractivity (Wildman–Crippen MR) is 212 cm³/mol. The molecule has 55 heavy (non-hydrogen) atoms. The van der Waals surface area contributed by atoms with Crippen molar-refractivity contribution >= 4 is 47.2 Å². The molecule has 278 valence electrons. The van der Waals surface area contributed by atoms with Gasteiger partial charge < -0.3 is 31.3 Å². The smallest absolute Gasteiger partial charge is 0.423 e. The van der Waals surface area contributed by atoms with Crippen LogP contribution in [0.25, 0.3) is 22.3 Å². The number of nitrogens with zero attached hydrogens (tertiary/aromatic N) is 5. The maximum atomic E-state index is 12.3. The lowest BCUT2D eigenvalue weighted by Crippen LogP contribution is -2.40. The largest absolute Gasteiger partial charge is 0.488 e. The number of nitrogens with one attached hydrogen (secondary N) is 2. The number of carbonyl (C=O) groups excluding carboxylic acids is 3. The molecule has 1 fully saturated rings. The molecule has 1 atom stereocenters. The Bertz CT molecular complexity index is 2250. The monoisotopic (exact) mass is 736 g/mol. The molecule has 3 amide bonds. The van der Waals surface area contributed by atoms with Crippen LogP contribution in [-0.2, 0) is 17.9 Å². The van der Waals surface area contributed by atoms with E-state index in [1.54, 1.807) is 53.4 Å². The Hall–Kier alpha value is -6.64. The fourth-order valence-corrected chi connectivity index (χ4v) is 6.27. The van der Waals surface area contributed by atoms with Crippen molar-refractivity contribution in [3.05, 3.63) is 150 Å². The molecule has 0 unspecified atom stereocenters. The van der Waals surface area contributed by atoms with Crippen molar-refractivity contribution in [1.82, 2.24) is 35.3 Å². The average molecular weight is 737 g/mol. The first-order valence-electron chi connectivity index (χ1n) is 17.8. The van der Waals surface area contributed by atoms with Crippen LogP contribution in [0.1, 0.15) is 50.7 Å². The Morgan fingerprint density at radius 1 is 0.818 bits per heavy atom. The Morgan fingerprint density at radius 3 is 1.93 bits per heavy atom. The summed E-state index contributed by atoms with van der Waals surface area (Å²) in [7, 11) is -1.46. The third-order valence-electron chi connectivity index (χ3n) is 9.23. The highest BCUT2D eigenvalue weighted by molar-refractivity contribution is 6.58. The van der Waals surface area contributed by atoms with Gasteiger partial charge in [0.2, 0.25) is 5.91 Å². The van der Waals surface area contributed by atoms with E-state index in [0.717, 1.165) is 29.5 Å². The Balaban J connectivity index is 0.000000228. The van der Waals surface area contributed by atoms with E-state index in [0.29, 0.717) is 65.3 Å². The summed E-state index contributed by atoms with van der Waals surface area (Å²) in [4.78, 5) is 46.8. The number of likely N-dealkylation sites (tertiary alicyclic amines) is 1. The number of hydrogen-bond acceptors (Lipinski definition) is 9. The fourth-order valence-electron chi connectivity index (χ4n) is 6.27. The number of nitrogen functional groups attached to an aromatic ring is 1. The van der Waals surface area contributed by atoms with Crippen molar-refractivity contribution in [1.29, 1.82) is 0 Å². The van der Waals surface area contributed by atoms with Gasteiger partial charge in [0.15, 0.2) is 5.65 Å². The molecule has 0 radical (unpaired) electrons. The van der Waals surface area contributed by atoms with Gasteiger partial charge in [-0.05, 0) is 59.8 Å². The zero-order chi connectivity index (χ0) is 38.7. The molecule has 1 aliphatic heterocycles. The van der Waals surface area contributed by atoms with Crippen LogP contribution in [0.2, 0.25) is 0 Å². The second-order valence-electron chi connectivity index (χ2n) is 12.9. The molecule has 1 saturated heterocycles. The van der Waals surface area contributed by atoms with E-state index < -0.39 is 7.12 Å². The lowest BCUT2D eigenvalue weighted by Gasteiger charge is -2.32. The van der Waals surface area contributed by atoms with Crippen molar-refractivity contribution in [3.63, 3.8) is 0 Å². The first-order valence-corrected chi connectivity index (χ1v) is 17.8. The first-order chi connectivity index (χ1) is 26.7. The molecule has 1 aliphatic rings. The summed E-state index contributed by atoms with van der Waals surface area (Å²) >= 11 is 0. The van der Waals surface area contributed by atoms with Gasteiger partial charge in [0, 0.05) is 42.9 Å². The van der Waals surface area contributed by atoms with Crippen LogP contribution >= 0.6 is 0 Å². The maximum Gasteiger partial charge on any atom is 0.488 e. The van der Waals surface area contributed by atoms with Crippen molar-refractivity contribution in [2.75, 3.05) is 18.8 Å². The van der Waals surface area contributed by atoms with Crippen molar-refractivity contribution in [2.45, 2.75) is 32.0 Å². The molecule has 2 aromatic heterocycles. The van der Waals surface area contributed by atoms with Crippen LogP contribution < -0.4 is 21.8 Å². The van der Waals surface area contributed by atoms with Crippen LogP contribution in [0.5, 0.6) is 0 Å². The number of piperidine rings is 1. The zero-order valence-electron chi connectivity index (χ0n) is 30.1. The molecule has 3 heterocycles. The molecule has 7 rings (SSSR count). The van der Waals surface area contributed by atoms with Gasteiger partial charge in [-0.1, -0.05) is 91.5 Å². The van der Waals surface area contributed by atoms with Gasteiger partial charge in [-0.3, -0.25) is 14.4 Å². The van der Waals surface area contributed by atoms with Gasteiger partial charge in [-0.25, -0.2) is 14.6 Å². The number of carbonyl (C=O) groups is 3. The zero-order valence-corrected chi connectivity index (χ0v) is 30.1. The number of fused-ring (bicyclic) bond motifs is 1. The van der Waals surface area contributed by atoms with E-state index in [1.807, 2.05) is 65.3 Å². The van der Waals surface area contributed by atoms with Gasteiger partial charge in [0.1, 0.15) is 17.8 Å². The van der Waals surface area contributed by atoms with Gasteiger partial charge in [-0.15, -0.1) is 0 Å². The van der Waals surface area contributed by atoms with Crippen LogP contribution in [0.15, 0.2) is 128 Å². The normalized spacial score (nSPS) is 13.6. The van der Waals surface area contributed by atoms with Gasteiger partial charge in [0.05, 0.1) is 11.4 Å². The summed E-state index contributed by atoms with van der Waals surface area (Å²) in [5, 5.41) is 29.3. The lowest BCUT2D eigenvalue weighted by molar-refractivity contribution is -0.127. The van der Waals surface area contributed by atoms with E-state index in [-0.39, 0.29) is 23.8 Å². The molecular weight excluding hydrogens is 695 g/mol. The maximum absolute atomic E-state index is 12.3. The Labute approximate surface area is 318 Å². The van der Waals surface area contributed by atoms with Gasteiger partial charge >= 0.3 is 7.12 Å². The highest BCUT2D eigenvalue weighted by Gasteiger charge is 2.28. The lowest BCUT2D eigenvalue weighted by atomic mass is 9.80. The van der Waals surface area contributed by atoms with Crippen LogP contribution in [0.4, 0.5) is 5.82 Å². The SMILES string of the molecule is C=CC(=O)N1CCC[C@@H](n2nc(-c3ccc(CNC(=O)c4ccccc4)cc3)c3c(N)ncnc32)C1.O=C(NCc1ccc(B(O)O)cc1)c1ccccc1. The molecule has 14 heteroatoms. The predicted octanol–water partition coefficient (Wildman–Crippen LogP) is 3.65. The molecule has 6 N–H and O–H groups in total. The number of rotatable bonds is 10. The number of aromatic nitrogens is 4. The van der Waals surface area contributed by atoms with Crippen LogP contribution in [-0.4, -0.2) is 72.6 Å². The van der Waals surface area contributed by atoms with Crippen molar-refractivity contribution in [2.24, 2.45) is 0 Å². The quantitative estimate of drug-likeness (QED) is 0.103. The standard InChI is InChI=1S/C27H27N7O2.C14H14BNO3/c1-2-22(35)33-14-6-9-21(16-33)34-26-23(25(28)30-17-31-26)24(32-34)19-12-10-18(11-13-19)15-29-27(36)20-7-4-3-5-8-20;17-14(12-4-2-1-3-5-12)16-10-11-6-8-13(9-7-11)15(18)19/h2-5,7-8,10-13,17,21H,1,6,9,14-16H2,(H,29,36)(H2,28,30,31);1-9,18-19H,10H2,(H,16,17)/t21-;/m1./s1. The third kappa shape index (κ3) is 9.49. The van der Waals surface area contributed by atoms with Crippen LogP contribution in [0.3, 0.4) is 0 Å². The minimum atomic E-state index is -1.46. The number of amides is 3. The highest BCUT2D eigenvalue weighted by atomic mass is 16.4. The molecule has 0 aliphatic carbocycles. The number of hydrogen-bond donors (Lipinski definition) is 5. The third-order valence-corrected chi connectivity index (χ3v) is 9.23. The van der Waals surface area contributed by atoms with Crippen molar-refractivity contribution < 1.29 is 24.4 Å². The minimum absolute atomic E-state index is 0.0272. The molecule has 13 nitrogen and oxygen atoms in total. The Kier molecular flexibility index (Phi) is 12.4. The molecule has 4 aromatic carbocycles. The molecule has 0 saturated carbocycles. The summed E-state index contributed by atoms with van der Waals surface area (Å²) < 4.78 is 1.87. The first kappa shape index (κ1) is 38.1. The van der Waals surface area contributed by atoms with Crippen LogP contribution in [0, 0.1) is 0 Å². The minimum Gasteiger partial charge on any atom is -0.423 e. The molecule has 6 aromatic rings. The van der Waals surface area contributed by atoms with Gasteiger partial charge in [0.25, 0.3) is 11.8 Å². The summed E-state index contributed by atoms with van der Waals surface area (Å²) in [5.74, 6) is 0.0217. The van der Waals surface area contributed by atoms with E-state index in [9.17, 15) is 14.4 Å². The van der Waals surface area contributed by atoms with E-state index >= 15 is 0 Å². The second kappa shape index (κ2) is 17.9. The molecule has 0 bridgehead atoms. The molecular formula is C41H41BN8O5. The number of anilines is 1. The molecule has 0 spiro atoms. The average Bonchev–Trinajstić information content (AvgIpc) is 3.64. The highest BCUT2D eigenvalue weighted by Crippen LogP contribution is 2.34. The summed E-state index contributed by atoms with van der Waals surface area (Å²) in [6.45, 7) is 5.65. The summed E-state index contributed by atoms with van der Waals surface area (Å²) in [5.41, 5.74) is 12.0. The Morgan fingerprint density at radius 2 is 1.38 bits per heavy atom. The fraction of sp³-hybridized carbons (Fsp3) is 0.171.